The molecular formula is C11H21N3OS. The van der Waals surface area contributed by atoms with E-state index in [9.17, 15) is 4.79 Å². The van der Waals surface area contributed by atoms with Crippen molar-refractivity contribution in [3.05, 3.63) is 0 Å². The van der Waals surface area contributed by atoms with Crippen LogP contribution in [0.2, 0.25) is 0 Å². The number of hydrogen-bond donors (Lipinski definition) is 2. The first-order valence-corrected chi connectivity index (χ1v) is 6.64. The van der Waals surface area contributed by atoms with Crippen LogP contribution in [0.5, 0.6) is 0 Å². The van der Waals surface area contributed by atoms with Crippen molar-refractivity contribution in [3.8, 4) is 0 Å². The van der Waals surface area contributed by atoms with Crippen LogP contribution in [0.3, 0.4) is 0 Å². The average Bonchev–Trinajstić information content (AvgIpc) is 2.26. The van der Waals surface area contributed by atoms with E-state index in [0.29, 0.717) is 18.0 Å². The third kappa shape index (κ3) is 2.30. The van der Waals surface area contributed by atoms with Crippen LogP contribution in [0.1, 0.15) is 20.3 Å². The number of urea groups is 1. The number of piperidine rings is 1. The van der Waals surface area contributed by atoms with E-state index in [2.05, 4.69) is 36.7 Å². The Hall–Kier alpha value is -0.420. The Balaban J connectivity index is 1.82. The molecule has 0 radical (unpaired) electrons. The molecule has 3 fully saturated rings. The van der Waals surface area contributed by atoms with Gasteiger partial charge in [0, 0.05) is 37.6 Å². The van der Waals surface area contributed by atoms with Crippen molar-refractivity contribution in [2.45, 2.75) is 32.4 Å². The number of fused-ring (bicyclic) bond motifs is 2. The fraction of sp³-hybridized carbons (Fsp3) is 0.909. The molecule has 0 aliphatic carbocycles. The summed E-state index contributed by atoms with van der Waals surface area (Å²) in [6, 6.07) is 0.949. The molecule has 3 rings (SSSR count). The third-order valence-corrected chi connectivity index (χ3v) is 3.76. The van der Waals surface area contributed by atoms with Crippen LogP contribution in [-0.2, 0) is 0 Å². The molecule has 16 heavy (non-hydrogen) atoms. The summed E-state index contributed by atoms with van der Waals surface area (Å²) in [6.07, 6.45) is 1.17. The maximum Gasteiger partial charge on any atom is 0.318 e. The number of amides is 2. The highest BCUT2D eigenvalue weighted by molar-refractivity contribution is 7.80. The first-order valence-electron chi connectivity index (χ1n) is 6.01. The first kappa shape index (κ1) is 12.0. The number of hydrogen-bond acceptors (Lipinski definition) is 3. The van der Waals surface area contributed by atoms with Gasteiger partial charge in [0.2, 0.25) is 0 Å². The van der Waals surface area contributed by atoms with Gasteiger partial charge < -0.3 is 10.2 Å². The van der Waals surface area contributed by atoms with Crippen LogP contribution in [0, 0.1) is 5.92 Å². The lowest BCUT2D eigenvalue weighted by molar-refractivity contribution is -0.0288. The average molecular weight is 243 g/mol. The normalized spacial score (nSPS) is 29.1. The van der Waals surface area contributed by atoms with E-state index in [-0.39, 0.29) is 6.03 Å². The van der Waals surface area contributed by atoms with Gasteiger partial charge in [-0.05, 0) is 12.3 Å². The Morgan fingerprint density at radius 2 is 2.06 bits per heavy atom. The summed E-state index contributed by atoms with van der Waals surface area (Å²) in [6.45, 7) is 6.95. The fourth-order valence-corrected chi connectivity index (χ4v) is 2.76. The molecule has 0 aromatic carbocycles. The molecule has 0 aromatic rings. The molecule has 92 valence electrons. The quantitative estimate of drug-likeness (QED) is 0.725. The molecule has 0 aromatic heterocycles. The summed E-state index contributed by atoms with van der Waals surface area (Å²) in [4.78, 5) is 16.2. The molecule has 3 aliphatic rings. The molecular weight excluding hydrogens is 222 g/mol. The molecule has 0 spiro atoms. The molecule has 2 unspecified atom stereocenters. The van der Waals surface area contributed by atoms with Crippen molar-refractivity contribution in [1.29, 1.82) is 0 Å². The van der Waals surface area contributed by atoms with Crippen molar-refractivity contribution in [2.75, 3.05) is 25.5 Å². The van der Waals surface area contributed by atoms with Gasteiger partial charge in [-0.15, -0.1) is 0 Å². The molecule has 5 heteroatoms. The highest BCUT2D eigenvalue weighted by Crippen LogP contribution is 2.32. The van der Waals surface area contributed by atoms with Gasteiger partial charge in [-0.1, -0.05) is 13.8 Å². The summed E-state index contributed by atoms with van der Waals surface area (Å²) in [5, 5.41) is 2.99. The summed E-state index contributed by atoms with van der Waals surface area (Å²) in [5.74, 6) is 1.31. The monoisotopic (exact) mass is 243 g/mol. The molecule has 4 nitrogen and oxygen atoms in total. The van der Waals surface area contributed by atoms with E-state index in [1.165, 1.54) is 6.42 Å². The molecule has 3 saturated heterocycles. The molecule has 3 aliphatic heterocycles. The topological polar surface area (TPSA) is 35.6 Å². The van der Waals surface area contributed by atoms with Gasteiger partial charge in [0.25, 0.3) is 0 Å². The number of nitrogens with one attached hydrogen (secondary N) is 1. The second-order valence-electron chi connectivity index (χ2n) is 5.21. The zero-order valence-electron chi connectivity index (χ0n) is 10.0. The van der Waals surface area contributed by atoms with Crippen molar-refractivity contribution < 1.29 is 4.79 Å². The van der Waals surface area contributed by atoms with E-state index in [1.807, 2.05) is 4.90 Å². The maximum atomic E-state index is 11.9. The van der Waals surface area contributed by atoms with Crippen molar-refractivity contribution >= 4 is 18.7 Å². The number of carbonyl (C=O) groups is 1. The van der Waals surface area contributed by atoms with Crippen LogP contribution < -0.4 is 5.32 Å². The van der Waals surface area contributed by atoms with Crippen LogP contribution in [0.4, 0.5) is 4.79 Å². The van der Waals surface area contributed by atoms with Crippen molar-refractivity contribution in [3.63, 3.8) is 0 Å². The third-order valence-electron chi connectivity index (χ3n) is 3.36. The second kappa shape index (κ2) is 4.84. The van der Waals surface area contributed by atoms with Gasteiger partial charge in [-0.25, -0.2) is 4.79 Å². The molecule has 2 atom stereocenters. The lowest BCUT2D eigenvalue weighted by Gasteiger charge is -2.55. The van der Waals surface area contributed by atoms with E-state index >= 15 is 0 Å². The van der Waals surface area contributed by atoms with E-state index in [1.54, 1.807) is 0 Å². The predicted molar refractivity (Wildman–Crippen MR) is 67.7 cm³/mol. The summed E-state index contributed by atoms with van der Waals surface area (Å²) in [5.41, 5.74) is 0. The largest absolute Gasteiger partial charge is 0.338 e. The molecule has 2 amide bonds. The van der Waals surface area contributed by atoms with Gasteiger partial charge >= 0.3 is 6.03 Å². The van der Waals surface area contributed by atoms with Gasteiger partial charge in [-0.3, -0.25) is 4.90 Å². The molecule has 2 bridgehead atoms. The number of thiol groups is 1. The molecule has 0 saturated carbocycles. The van der Waals surface area contributed by atoms with Gasteiger partial charge in [0.15, 0.2) is 0 Å². The van der Waals surface area contributed by atoms with Gasteiger partial charge in [0.1, 0.15) is 0 Å². The minimum atomic E-state index is 0.119. The van der Waals surface area contributed by atoms with Crippen LogP contribution in [0.25, 0.3) is 0 Å². The Bertz CT molecular complexity index is 260. The highest BCUT2D eigenvalue weighted by Gasteiger charge is 2.46. The Labute approximate surface area is 103 Å². The Kier molecular flexibility index (Phi) is 3.64. The van der Waals surface area contributed by atoms with Gasteiger partial charge in [-0.2, -0.15) is 12.6 Å². The smallest absolute Gasteiger partial charge is 0.318 e. The minimum absolute atomic E-state index is 0.119. The fourth-order valence-electron chi connectivity index (χ4n) is 2.53. The predicted octanol–water partition coefficient (Wildman–Crippen LogP) is 0.998. The summed E-state index contributed by atoms with van der Waals surface area (Å²) in [7, 11) is 0. The van der Waals surface area contributed by atoms with Crippen LogP contribution >= 0.6 is 12.6 Å². The van der Waals surface area contributed by atoms with E-state index < -0.39 is 0 Å². The number of carbonyl (C=O) groups excluding carboxylic acids is 1. The zero-order valence-corrected chi connectivity index (χ0v) is 10.9. The number of rotatable bonds is 3. The minimum Gasteiger partial charge on any atom is -0.338 e. The van der Waals surface area contributed by atoms with Crippen molar-refractivity contribution in [2.24, 2.45) is 5.92 Å². The molecule has 3 heterocycles. The SMILES string of the molecule is CC(C)CNC(=O)N1C2CC1CN(CS)C2. The highest BCUT2D eigenvalue weighted by atomic mass is 32.1. The maximum absolute atomic E-state index is 11.9. The lowest BCUT2D eigenvalue weighted by Crippen LogP contribution is -2.71. The number of piperazine rings is 1. The Morgan fingerprint density at radius 1 is 1.44 bits per heavy atom. The van der Waals surface area contributed by atoms with Crippen LogP contribution in [-0.4, -0.2) is 53.4 Å². The zero-order chi connectivity index (χ0) is 11.7. The van der Waals surface area contributed by atoms with Gasteiger partial charge in [0.05, 0.1) is 0 Å². The second-order valence-corrected chi connectivity index (χ2v) is 5.49. The first-order chi connectivity index (χ1) is 7.61. The standard InChI is InChI=1S/C11H21N3OS/c1-8(2)4-12-11(15)14-9-3-10(14)6-13(5-9)7-16/h8-10,16H,3-7H2,1-2H3,(H,12,15). The van der Waals surface area contributed by atoms with E-state index in [0.717, 1.165) is 25.5 Å². The number of nitrogens with zero attached hydrogens (tertiary/aromatic N) is 2. The lowest BCUT2D eigenvalue weighted by atomic mass is 9.88. The van der Waals surface area contributed by atoms with Crippen molar-refractivity contribution in [1.82, 2.24) is 15.1 Å². The summed E-state index contributed by atoms with van der Waals surface area (Å²) < 4.78 is 0. The molecule has 1 N–H and O–H groups in total. The van der Waals surface area contributed by atoms with Crippen LogP contribution in [0.15, 0.2) is 0 Å². The Morgan fingerprint density at radius 3 is 2.56 bits per heavy atom. The van der Waals surface area contributed by atoms with E-state index in [4.69, 9.17) is 0 Å². The summed E-state index contributed by atoms with van der Waals surface area (Å²) >= 11 is 4.28.